The van der Waals surface area contributed by atoms with Gasteiger partial charge in [-0.2, -0.15) is 0 Å². The lowest BCUT2D eigenvalue weighted by atomic mass is 9.96. The number of hydrogen-bond acceptors (Lipinski definition) is 4. The molecule has 1 aliphatic rings. The van der Waals surface area contributed by atoms with Gasteiger partial charge in [0.2, 0.25) is 0 Å². The summed E-state index contributed by atoms with van der Waals surface area (Å²) >= 11 is 1.67. The van der Waals surface area contributed by atoms with Crippen LogP contribution in [0.4, 0.5) is 0 Å². The predicted molar refractivity (Wildman–Crippen MR) is 66.8 cm³/mol. The van der Waals surface area contributed by atoms with Crippen LogP contribution in [-0.4, -0.2) is 22.7 Å². The normalized spacial score (nSPS) is 27.0. The Morgan fingerprint density at radius 1 is 1.50 bits per heavy atom. The van der Waals surface area contributed by atoms with E-state index in [9.17, 15) is 5.11 Å². The molecule has 90 valence electrons. The minimum Gasteiger partial charge on any atom is -0.384 e. The molecule has 2 heterocycles. The standard InChI is InChI=1S/C12H20N2OS/c1-8-4-5-9(6-13-8)11-14-10(7-16-11)12(2,3)15/h7-9,13,15H,4-6H2,1-3H3/t8-,9-/m1/s1. The molecule has 1 saturated heterocycles. The zero-order chi connectivity index (χ0) is 11.8. The lowest BCUT2D eigenvalue weighted by Crippen LogP contribution is -2.35. The van der Waals surface area contributed by atoms with E-state index in [4.69, 9.17) is 0 Å². The van der Waals surface area contributed by atoms with Crippen molar-refractivity contribution in [3.8, 4) is 0 Å². The Balaban J connectivity index is 2.08. The van der Waals surface area contributed by atoms with E-state index in [-0.39, 0.29) is 0 Å². The summed E-state index contributed by atoms with van der Waals surface area (Å²) in [5, 5.41) is 16.5. The highest BCUT2D eigenvalue weighted by atomic mass is 32.1. The Hall–Kier alpha value is -0.450. The molecule has 2 rings (SSSR count). The van der Waals surface area contributed by atoms with Gasteiger partial charge in [0.25, 0.3) is 0 Å². The molecule has 0 spiro atoms. The van der Waals surface area contributed by atoms with Crippen LogP contribution in [0.1, 0.15) is 50.2 Å². The molecule has 0 unspecified atom stereocenters. The van der Waals surface area contributed by atoms with Crippen molar-refractivity contribution in [2.75, 3.05) is 6.54 Å². The molecule has 16 heavy (non-hydrogen) atoms. The molecule has 0 amide bonds. The fourth-order valence-corrected chi connectivity index (χ4v) is 3.08. The van der Waals surface area contributed by atoms with E-state index in [2.05, 4.69) is 17.2 Å². The maximum atomic E-state index is 9.87. The van der Waals surface area contributed by atoms with Crippen molar-refractivity contribution in [2.45, 2.75) is 51.2 Å². The van der Waals surface area contributed by atoms with Crippen LogP contribution in [0.15, 0.2) is 5.38 Å². The molecule has 1 fully saturated rings. The molecule has 1 aromatic rings. The first kappa shape index (κ1) is 12.0. The van der Waals surface area contributed by atoms with Gasteiger partial charge in [-0.05, 0) is 33.6 Å². The molecular formula is C12H20N2OS. The summed E-state index contributed by atoms with van der Waals surface area (Å²) in [5.74, 6) is 0.525. The van der Waals surface area contributed by atoms with Gasteiger partial charge >= 0.3 is 0 Å². The van der Waals surface area contributed by atoms with Gasteiger partial charge in [0.05, 0.1) is 10.7 Å². The van der Waals surface area contributed by atoms with E-state index in [1.54, 1.807) is 25.2 Å². The van der Waals surface area contributed by atoms with Gasteiger partial charge in [-0.15, -0.1) is 11.3 Å². The summed E-state index contributed by atoms with van der Waals surface area (Å²) in [6.07, 6.45) is 2.41. The zero-order valence-electron chi connectivity index (χ0n) is 10.2. The second kappa shape index (κ2) is 4.43. The Labute approximate surface area is 101 Å². The minimum absolute atomic E-state index is 0.525. The number of rotatable bonds is 2. The zero-order valence-corrected chi connectivity index (χ0v) is 11.0. The molecule has 2 atom stereocenters. The maximum Gasteiger partial charge on any atom is 0.102 e. The molecule has 2 N–H and O–H groups in total. The van der Waals surface area contributed by atoms with Crippen molar-refractivity contribution in [3.05, 3.63) is 16.1 Å². The summed E-state index contributed by atoms with van der Waals surface area (Å²) < 4.78 is 0. The highest BCUT2D eigenvalue weighted by Crippen LogP contribution is 2.30. The smallest absolute Gasteiger partial charge is 0.102 e. The van der Waals surface area contributed by atoms with Crippen LogP contribution < -0.4 is 5.32 Å². The van der Waals surface area contributed by atoms with Crippen molar-refractivity contribution in [3.63, 3.8) is 0 Å². The van der Waals surface area contributed by atoms with E-state index in [0.29, 0.717) is 12.0 Å². The summed E-state index contributed by atoms with van der Waals surface area (Å²) in [6, 6.07) is 0.630. The molecule has 4 heteroatoms. The second-order valence-electron chi connectivity index (χ2n) is 5.21. The lowest BCUT2D eigenvalue weighted by molar-refractivity contribution is 0.0743. The lowest BCUT2D eigenvalue weighted by Gasteiger charge is -2.26. The minimum atomic E-state index is -0.815. The first-order valence-corrected chi connectivity index (χ1v) is 6.76. The molecule has 0 saturated carbocycles. The highest BCUT2D eigenvalue weighted by molar-refractivity contribution is 7.09. The molecule has 3 nitrogen and oxygen atoms in total. The van der Waals surface area contributed by atoms with Gasteiger partial charge in [-0.3, -0.25) is 0 Å². The number of nitrogens with zero attached hydrogens (tertiary/aromatic N) is 1. The second-order valence-corrected chi connectivity index (χ2v) is 6.10. The van der Waals surface area contributed by atoms with Crippen molar-refractivity contribution < 1.29 is 5.11 Å². The van der Waals surface area contributed by atoms with E-state index in [1.165, 1.54) is 12.8 Å². The molecule has 1 aliphatic heterocycles. The number of aliphatic hydroxyl groups is 1. The molecule has 1 aromatic heterocycles. The number of hydrogen-bond donors (Lipinski definition) is 2. The van der Waals surface area contributed by atoms with E-state index < -0.39 is 5.60 Å². The van der Waals surface area contributed by atoms with Gasteiger partial charge in [0.1, 0.15) is 5.60 Å². The van der Waals surface area contributed by atoms with Crippen molar-refractivity contribution in [1.29, 1.82) is 0 Å². The van der Waals surface area contributed by atoms with Crippen LogP contribution in [0.5, 0.6) is 0 Å². The topological polar surface area (TPSA) is 45.2 Å². The summed E-state index contributed by atoms with van der Waals surface area (Å²) in [5.41, 5.74) is -0.0180. The summed E-state index contributed by atoms with van der Waals surface area (Å²) in [4.78, 5) is 4.56. The Kier molecular flexibility index (Phi) is 3.33. The first-order chi connectivity index (χ1) is 7.47. The number of nitrogens with one attached hydrogen (secondary N) is 1. The first-order valence-electron chi connectivity index (χ1n) is 5.88. The van der Waals surface area contributed by atoms with Crippen LogP contribution in [0.2, 0.25) is 0 Å². The van der Waals surface area contributed by atoms with E-state index in [1.807, 2.05) is 5.38 Å². The SMILES string of the molecule is C[C@@H]1CC[C@@H](c2nc(C(C)(C)O)cs2)CN1. The fourth-order valence-electron chi connectivity index (χ4n) is 1.97. The molecular weight excluding hydrogens is 220 g/mol. The van der Waals surface area contributed by atoms with Crippen LogP contribution in [0.25, 0.3) is 0 Å². The molecule has 0 radical (unpaired) electrons. The third-order valence-corrected chi connectivity index (χ3v) is 4.17. The third kappa shape index (κ3) is 2.62. The number of aromatic nitrogens is 1. The maximum absolute atomic E-state index is 9.87. The fraction of sp³-hybridized carbons (Fsp3) is 0.750. The quantitative estimate of drug-likeness (QED) is 0.833. The van der Waals surface area contributed by atoms with Gasteiger partial charge < -0.3 is 10.4 Å². The van der Waals surface area contributed by atoms with Crippen molar-refractivity contribution >= 4 is 11.3 Å². The Bertz CT molecular complexity index is 348. The highest BCUT2D eigenvalue weighted by Gasteiger charge is 2.25. The van der Waals surface area contributed by atoms with Crippen molar-refractivity contribution in [2.24, 2.45) is 0 Å². The summed E-state index contributed by atoms with van der Waals surface area (Å²) in [7, 11) is 0. The molecule has 0 bridgehead atoms. The number of thiazole rings is 1. The van der Waals surface area contributed by atoms with Gasteiger partial charge in [0, 0.05) is 23.9 Å². The van der Waals surface area contributed by atoms with E-state index in [0.717, 1.165) is 17.2 Å². The van der Waals surface area contributed by atoms with Crippen LogP contribution in [0.3, 0.4) is 0 Å². The summed E-state index contributed by atoms with van der Waals surface area (Å²) in [6.45, 7) is 6.81. The largest absolute Gasteiger partial charge is 0.384 e. The van der Waals surface area contributed by atoms with Gasteiger partial charge in [0.15, 0.2) is 0 Å². The molecule has 0 aliphatic carbocycles. The number of piperidine rings is 1. The predicted octanol–water partition coefficient (Wildman–Crippen LogP) is 2.23. The van der Waals surface area contributed by atoms with Gasteiger partial charge in [-0.1, -0.05) is 0 Å². The van der Waals surface area contributed by atoms with Crippen LogP contribution >= 0.6 is 11.3 Å². The van der Waals surface area contributed by atoms with Crippen LogP contribution in [-0.2, 0) is 5.60 Å². The van der Waals surface area contributed by atoms with Gasteiger partial charge in [-0.25, -0.2) is 4.98 Å². The van der Waals surface area contributed by atoms with Crippen molar-refractivity contribution in [1.82, 2.24) is 10.3 Å². The average molecular weight is 240 g/mol. The van der Waals surface area contributed by atoms with Crippen LogP contribution in [0, 0.1) is 0 Å². The average Bonchev–Trinajstić information content (AvgIpc) is 2.67. The third-order valence-electron chi connectivity index (χ3n) is 3.16. The van der Waals surface area contributed by atoms with E-state index >= 15 is 0 Å². The monoisotopic (exact) mass is 240 g/mol. The Morgan fingerprint density at radius 2 is 2.25 bits per heavy atom. The molecule has 0 aromatic carbocycles. The Morgan fingerprint density at radius 3 is 2.75 bits per heavy atom.